The van der Waals surface area contributed by atoms with E-state index < -0.39 is 0 Å². The number of hydrogen-bond donors (Lipinski definition) is 2. The maximum Gasteiger partial charge on any atom is 0.181 e. The highest BCUT2D eigenvalue weighted by molar-refractivity contribution is 7.80. The van der Waals surface area contributed by atoms with Gasteiger partial charge in [0.2, 0.25) is 0 Å². The highest BCUT2D eigenvalue weighted by atomic mass is 35.5. The summed E-state index contributed by atoms with van der Waals surface area (Å²) in [5, 5.41) is 6.77. The van der Waals surface area contributed by atoms with Crippen molar-refractivity contribution in [2.45, 2.75) is 6.92 Å². The molecule has 1 rings (SSSR count). The van der Waals surface area contributed by atoms with Gasteiger partial charge in [0, 0.05) is 17.1 Å². The molecule has 1 aromatic rings. The topological polar surface area (TPSA) is 41.1 Å². The average molecular weight is 257 g/mol. The lowest BCUT2D eigenvalue weighted by Gasteiger charge is -2.07. The first-order valence-corrected chi connectivity index (χ1v) is 5.72. The van der Waals surface area contributed by atoms with Crippen molar-refractivity contribution < 1.29 is 4.79 Å². The number of carbonyl (C=O) groups excluding carboxylic acids is 1. The number of benzene rings is 1. The fraction of sp³-hybridized carbons (Fsp3) is 0.273. The summed E-state index contributed by atoms with van der Waals surface area (Å²) in [6.45, 7) is 2.84. The molecule has 0 unspecified atom stereocenters. The van der Waals surface area contributed by atoms with Crippen LogP contribution in [-0.2, 0) is 0 Å². The lowest BCUT2D eigenvalue weighted by atomic mass is 10.1. The van der Waals surface area contributed by atoms with Gasteiger partial charge < -0.3 is 10.6 Å². The molecule has 0 aliphatic heterocycles. The van der Waals surface area contributed by atoms with Gasteiger partial charge in [0.25, 0.3) is 0 Å². The van der Waals surface area contributed by atoms with E-state index in [4.69, 9.17) is 23.8 Å². The van der Waals surface area contributed by atoms with Crippen molar-refractivity contribution in [2.24, 2.45) is 0 Å². The molecule has 0 atom stereocenters. The van der Waals surface area contributed by atoms with Crippen molar-refractivity contribution in [3.63, 3.8) is 0 Å². The molecule has 0 aliphatic rings. The van der Waals surface area contributed by atoms with Gasteiger partial charge in [0.1, 0.15) is 0 Å². The molecule has 5 heteroatoms. The lowest BCUT2D eigenvalue weighted by molar-refractivity contribution is 0.0996. The first-order valence-electron chi connectivity index (χ1n) is 4.94. The molecule has 0 saturated carbocycles. The monoisotopic (exact) mass is 256 g/mol. The van der Waals surface area contributed by atoms with Gasteiger partial charge in [-0.3, -0.25) is 4.79 Å². The molecule has 0 spiro atoms. The van der Waals surface area contributed by atoms with Gasteiger partial charge in [0.05, 0.1) is 6.54 Å². The summed E-state index contributed by atoms with van der Waals surface area (Å²) in [4.78, 5) is 11.7. The van der Waals surface area contributed by atoms with Crippen LogP contribution in [0.5, 0.6) is 0 Å². The number of Topliss-reactive ketones (excluding diaryl/α,β-unsaturated/α-hetero) is 1. The SMILES string of the molecule is CCNC(=S)NCC(=O)c1cccc(Cl)c1. The molecule has 86 valence electrons. The quantitative estimate of drug-likeness (QED) is 0.639. The van der Waals surface area contributed by atoms with E-state index in [1.165, 1.54) is 0 Å². The molecule has 0 saturated heterocycles. The Morgan fingerprint density at radius 1 is 1.44 bits per heavy atom. The van der Waals surface area contributed by atoms with Gasteiger partial charge in [-0.2, -0.15) is 0 Å². The van der Waals surface area contributed by atoms with Crippen LogP contribution >= 0.6 is 23.8 Å². The van der Waals surface area contributed by atoms with E-state index >= 15 is 0 Å². The Balaban J connectivity index is 2.50. The first kappa shape index (κ1) is 12.9. The van der Waals surface area contributed by atoms with Gasteiger partial charge in [-0.05, 0) is 31.3 Å². The second kappa shape index (κ2) is 6.45. The second-order valence-corrected chi connectivity index (χ2v) is 3.99. The Morgan fingerprint density at radius 2 is 2.19 bits per heavy atom. The number of thiocarbonyl (C=S) groups is 1. The fourth-order valence-electron chi connectivity index (χ4n) is 1.15. The Bertz CT molecular complexity index is 395. The van der Waals surface area contributed by atoms with Crippen LogP contribution < -0.4 is 10.6 Å². The minimum absolute atomic E-state index is 0.0391. The molecular weight excluding hydrogens is 244 g/mol. The van der Waals surface area contributed by atoms with Crippen LogP contribution in [0.1, 0.15) is 17.3 Å². The average Bonchev–Trinajstić information content (AvgIpc) is 2.26. The van der Waals surface area contributed by atoms with Crippen LogP contribution in [0, 0.1) is 0 Å². The molecule has 1 aromatic carbocycles. The number of rotatable bonds is 4. The summed E-state index contributed by atoms with van der Waals surface area (Å²) in [7, 11) is 0. The molecule has 0 heterocycles. The van der Waals surface area contributed by atoms with Gasteiger partial charge >= 0.3 is 0 Å². The van der Waals surface area contributed by atoms with Crippen molar-refractivity contribution >= 4 is 34.7 Å². The highest BCUT2D eigenvalue weighted by Crippen LogP contribution is 2.10. The van der Waals surface area contributed by atoms with E-state index in [1.807, 2.05) is 6.92 Å². The van der Waals surface area contributed by atoms with Crippen LogP contribution in [0.15, 0.2) is 24.3 Å². The zero-order valence-corrected chi connectivity index (χ0v) is 10.5. The standard InChI is InChI=1S/C11H13ClN2OS/c1-2-13-11(16)14-7-10(15)8-4-3-5-9(12)6-8/h3-6H,2,7H2,1H3,(H2,13,14,16). The third-order valence-corrected chi connectivity index (χ3v) is 2.42. The van der Waals surface area contributed by atoms with Crippen LogP contribution in [-0.4, -0.2) is 24.0 Å². The number of hydrogen-bond acceptors (Lipinski definition) is 2. The minimum Gasteiger partial charge on any atom is -0.363 e. The Hall–Kier alpha value is -1.13. The molecule has 0 radical (unpaired) electrons. The highest BCUT2D eigenvalue weighted by Gasteiger charge is 2.06. The Kier molecular flexibility index (Phi) is 5.22. The fourth-order valence-corrected chi connectivity index (χ4v) is 1.55. The summed E-state index contributed by atoms with van der Waals surface area (Å²) >= 11 is 10.7. The van der Waals surface area contributed by atoms with Crippen molar-refractivity contribution in [3.05, 3.63) is 34.9 Å². The van der Waals surface area contributed by atoms with E-state index in [0.717, 1.165) is 6.54 Å². The maximum absolute atomic E-state index is 11.7. The summed E-state index contributed by atoms with van der Waals surface area (Å²) in [6.07, 6.45) is 0. The van der Waals surface area contributed by atoms with Crippen molar-refractivity contribution in [1.82, 2.24) is 10.6 Å². The van der Waals surface area contributed by atoms with Crippen LogP contribution in [0.3, 0.4) is 0 Å². The van der Waals surface area contributed by atoms with E-state index in [9.17, 15) is 4.79 Å². The maximum atomic E-state index is 11.7. The van der Waals surface area contributed by atoms with Gasteiger partial charge in [-0.15, -0.1) is 0 Å². The molecule has 0 aromatic heterocycles. The molecule has 0 bridgehead atoms. The summed E-state index contributed by atoms with van der Waals surface area (Å²) in [6, 6.07) is 6.85. The molecule has 0 aliphatic carbocycles. The first-order chi connectivity index (χ1) is 7.63. The zero-order valence-electron chi connectivity index (χ0n) is 8.92. The third-order valence-electron chi connectivity index (χ3n) is 1.89. The largest absolute Gasteiger partial charge is 0.363 e. The smallest absolute Gasteiger partial charge is 0.181 e. The number of ketones is 1. The molecular formula is C11H13ClN2OS. The Labute approximate surface area is 105 Å². The van der Waals surface area contributed by atoms with Crippen LogP contribution in [0.25, 0.3) is 0 Å². The van der Waals surface area contributed by atoms with E-state index in [0.29, 0.717) is 15.7 Å². The van der Waals surface area contributed by atoms with Gasteiger partial charge in [0.15, 0.2) is 10.9 Å². The van der Waals surface area contributed by atoms with E-state index in [1.54, 1.807) is 24.3 Å². The molecule has 0 amide bonds. The number of halogens is 1. The van der Waals surface area contributed by atoms with Crippen molar-refractivity contribution in [3.8, 4) is 0 Å². The predicted octanol–water partition coefficient (Wildman–Crippen LogP) is 2.01. The molecule has 16 heavy (non-hydrogen) atoms. The van der Waals surface area contributed by atoms with Crippen LogP contribution in [0.2, 0.25) is 5.02 Å². The van der Waals surface area contributed by atoms with Crippen LogP contribution in [0.4, 0.5) is 0 Å². The van der Waals surface area contributed by atoms with E-state index in [-0.39, 0.29) is 12.3 Å². The minimum atomic E-state index is -0.0391. The third kappa shape index (κ3) is 4.16. The zero-order chi connectivity index (χ0) is 12.0. The van der Waals surface area contributed by atoms with Gasteiger partial charge in [-0.25, -0.2) is 0 Å². The predicted molar refractivity (Wildman–Crippen MR) is 70.1 cm³/mol. The lowest BCUT2D eigenvalue weighted by Crippen LogP contribution is -2.38. The molecule has 3 nitrogen and oxygen atoms in total. The Morgan fingerprint density at radius 3 is 2.81 bits per heavy atom. The normalized spacial score (nSPS) is 9.62. The summed E-state index contributed by atoms with van der Waals surface area (Å²) in [5.74, 6) is -0.0391. The van der Waals surface area contributed by atoms with Crippen molar-refractivity contribution in [2.75, 3.05) is 13.1 Å². The van der Waals surface area contributed by atoms with E-state index in [2.05, 4.69) is 10.6 Å². The molecule has 2 N–H and O–H groups in total. The summed E-state index contributed by atoms with van der Waals surface area (Å²) < 4.78 is 0. The number of nitrogens with one attached hydrogen (secondary N) is 2. The second-order valence-electron chi connectivity index (χ2n) is 3.15. The summed E-state index contributed by atoms with van der Waals surface area (Å²) in [5.41, 5.74) is 0.583. The van der Waals surface area contributed by atoms with Gasteiger partial charge in [-0.1, -0.05) is 23.7 Å². The van der Waals surface area contributed by atoms with Crippen molar-refractivity contribution in [1.29, 1.82) is 0 Å². The number of carbonyl (C=O) groups is 1. The molecule has 0 fully saturated rings.